The number of aromatic nitrogens is 2. The zero-order valence-corrected chi connectivity index (χ0v) is 8.96. The Kier molecular flexibility index (Phi) is 2.03. The molecular weight excluding hydrogens is 208 g/mol. The maximum atomic E-state index is 6.16. The number of benzene rings is 1. The molecule has 0 unspecified atom stereocenters. The van der Waals surface area contributed by atoms with E-state index in [-0.39, 0.29) is 0 Å². The topological polar surface area (TPSA) is 28.7 Å². The van der Waals surface area contributed by atoms with Crippen LogP contribution in [0.4, 0.5) is 0 Å². The van der Waals surface area contributed by atoms with Gasteiger partial charge in [-0.2, -0.15) is 0 Å². The van der Waals surface area contributed by atoms with Crippen LogP contribution in [-0.4, -0.2) is 9.97 Å². The Bertz CT molecular complexity index is 486. The van der Waals surface area contributed by atoms with Crippen LogP contribution in [0.25, 0.3) is 11.3 Å². The molecule has 0 radical (unpaired) electrons. The lowest BCUT2D eigenvalue weighted by Gasteiger charge is -2.03. The van der Waals surface area contributed by atoms with E-state index in [1.807, 2.05) is 24.3 Å². The van der Waals surface area contributed by atoms with E-state index in [1.54, 1.807) is 6.33 Å². The normalized spacial score (nSPS) is 15.5. The van der Waals surface area contributed by atoms with Gasteiger partial charge in [0.2, 0.25) is 0 Å². The summed E-state index contributed by atoms with van der Waals surface area (Å²) in [7, 11) is 0. The van der Waals surface area contributed by atoms with Crippen LogP contribution < -0.4 is 0 Å². The minimum atomic E-state index is 0.666. The molecule has 0 bridgehead atoms. The van der Waals surface area contributed by atoms with E-state index < -0.39 is 0 Å². The minimum Gasteiger partial charge on any atom is -0.348 e. The Morgan fingerprint density at radius 3 is 2.80 bits per heavy atom. The molecule has 0 amide bonds. The van der Waals surface area contributed by atoms with Crippen molar-refractivity contribution in [1.29, 1.82) is 0 Å². The Balaban J connectivity index is 2.12. The summed E-state index contributed by atoms with van der Waals surface area (Å²) in [5, 5.41) is 0.770. The largest absolute Gasteiger partial charge is 0.348 e. The van der Waals surface area contributed by atoms with Gasteiger partial charge in [0.25, 0.3) is 0 Å². The van der Waals surface area contributed by atoms with Crippen molar-refractivity contribution in [2.45, 2.75) is 18.8 Å². The maximum absolute atomic E-state index is 6.16. The first-order chi connectivity index (χ1) is 7.36. The predicted octanol–water partition coefficient (Wildman–Crippen LogP) is 3.61. The lowest BCUT2D eigenvalue weighted by Crippen LogP contribution is -1.86. The first-order valence-corrected chi connectivity index (χ1v) is 5.52. The summed E-state index contributed by atoms with van der Waals surface area (Å²) in [4.78, 5) is 7.59. The molecule has 1 aromatic carbocycles. The standard InChI is InChI=1S/C12H11ClN2/c13-10-4-2-1-3-9(10)12-11(8-5-6-8)14-7-15-12/h1-4,7-8H,5-6H2,(H,14,15). The van der Waals surface area contributed by atoms with Crippen LogP contribution in [-0.2, 0) is 0 Å². The summed E-state index contributed by atoms with van der Waals surface area (Å²) < 4.78 is 0. The van der Waals surface area contributed by atoms with Gasteiger partial charge in [0.05, 0.1) is 17.0 Å². The first kappa shape index (κ1) is 8.98. The first-order valence-electron chi connectivity index (χ1n) is 5.14. The molecular formula is C12H11ClN2. The molecule has 3 rings (SSSR count). The van der Waals surface area contributed by atoms with E-state index in [9.17, 15) is 0 Å². The Hall–Kier alpha value is -1.28. The Morgan fingerprint density at radius 2 is 2.07 bits per heavy atom. The molecule has 0 saturated heterocycles. The molecule has 76 valence electrons. The summed E-state index contributed by atoms with van der Waals surface area (Å²) in [5.41, 5.74) is 3.29. The lowest BCUT2D eigenvalue weighted by atomic mass is 10.1. The monoisotopic (exact) mass is 218 g/mol. The molecule has 1 aliphatic rings. The summed E-state index contributed by atoms with van der Waals surface area (Å²) in [6, 6.07) is 7.86. The third-order valence-electron chi connectivity index (χ3n) is 2.78. The zero-order chi connectivity index (χ0) is 10.3. The number of rotatable bonds is 2. The molecule has 1 fully saturated rings. The molecule has 2 nitrogen and oxygen atoms in total. The second kappa shape index (κ2) is 3.38. The quantitative estimate of drug-likeness (QED) is 0.820. The van der Waals surface area contributed by atoms with Crippen molar-refractivity contribution in [3.63, 3.8) is 0 Å². The number of hydrogen-bond donors (Lipinski definition) is 1. The average Bonchev–Trinajstić information content (AvgIpc) is 2.98. The lowest BCUT2D eigenvalue weighted by molar-refractivity contribution is 1.05. The van der Waals surface area contributed by atoms with Gasteiger partial charge in [-0.3, -0.25) is 0 Å². The minimum absolute atomic E-state index is 0.666. The van der Waals surface area contributed by atoms with E-state index in [0.717, 1.165) is 16.3 Å². The second-order valence-electron chi connectivity index (χ2n) is 3.92. The van der Waals surface area contributed by atoms with Gasteiger partial charge in [-0.25, -0.2) is 4.98 Å². The van der Waals surface area contributed by atoms with Crippen molar-refractivity contribution < 1.29 is 0 Å². The summed E-state index contributed by atoms with van der Waals surface area (Å²) in [5.74, 6) is 0.666. The van der Waals surface area contributed by atoms with Crippen molar-refractivity contribution in [2.75, 3.05) is 0 Å². The van der Waals surface area contributed by atoms with Crippen LogP contribution >= 0.6 is 11.6 Å². The fourth-order valence-electron chi connectivity index (χ4n) is 1.86. The van der Waals surface area contributed by atoms with Gasteiger partial charge in [0, 0.05) is 17.2 Å². The van der Waals surface area contributed by atoms with Gasteiger partial charge in [-0.1, -0.05) is 29.8 Å². The van der Waals surface area contributed by atoms with E-state index in [2.05, 4.69) is 9.97 Å². The fraction of sp³-hybridized carbons (Fsp3) is 0.250. The summed E-state index contributed by atoms with van der Waals surface area (Å²) in [6.45, 7) is 0. The average molecular weight is 219 g/mol. The number of nitrogens with zero attached hydrogens (tertiary/aromatic N) is 1. The summed E-state index contributed by atoms with van der Waals surface area (Å²) in [6.07, 6.45) is 4.28. The third kappa shape index (κ3) is 1.55. The molecule has 0 spiro atoms. The van der Waals surface area contributed by atoms with E-state index in [1.165, 1.54) is 18.5 Å². The highest BCUT2D eigenvalue weighted by Crippen LogP contribution is 2.43. The highest BCUT2D eigenvalue weighted by Gasteiger charge is 2.28. The number of H-pyrrole nitrogens is 1. The number of halogens is 1. The molecule has 1 heterocycles. The van der Waals surface area contributed by atoms with Crippen molar-refractivity contribution >= 4 is 11.6 Å². The molecule has 1 aromatic heterocycles. The predicted molar refractivity (Wildman–Crippen MR) is 61.0 cm³/mol. The van der Waals surface area contributed by atoms with Gasteiger partial charge in [0.15, 0.2) is 0 Å². The highest BCUT2D eigenvalue weighted by molar-refractivity contribution is 6.33. The van der Waals surface area contributed by atoms with E-state index >= 15 is 0 Å². The fourth-order valence-corrected chi connectivity index (χ4v) is 2.08. The van der Waals surface area contributed by atoms with Gasteiger partial charge < -0.3 is 4.98 Å². The highest BCUT2D eigenvalue weighted by atomic mass is 35.5. The molecule has 1 N–H and O–H groups in total. The number of hydrogen-bond acceptors (Lipinski definition) is 1. The third-order valence-corrected chi connectivity index (χ3v) is 3.11. The van der Waals surface area contributed by atoms with Crippen molar-refractivity contribution in [1.82, 2.24) is 9.97 Å². The molecule has 1 saturated carbocycles. The van der Waals surface area contributed by atoms with Crippen LogP contribution in [0.5, 0.6) is 0 Å². The number of imidazole rings is 1. The van der Waals surface area contributed by atoms with Crippen LogP contribution in [0.2, 0.25) is 5.02 Å². The Morgan fingerprint density at radius 1 is 1.27 bits per heavy atom. The second-order valence-corrected chi connectivity index (χ2v) is 4.33. The van der Waals surface area contributed by atoms with Gasteiger partial charge in [0.1, 0.15) is 0 Å². The van der Waals surface area contributed by atoms with Crippen molar-refractivity contribution in [3.05, 3.63) is 41.3 Å². The number of nitrogens with one attached hydrogen (secondary N) is 1. The van der Waals surface area contributed by atoms with E-state index in [4.69, 9.17) is 11.6 Å². The smallest absolute Gasteiger partial charge is 0.0930 e. The molecule has 1 aliphatic carbocycles. The van der Waals surface area contributed by atoms with E-state index in [0.29, 0.717) is 5.92 Å². The van der Waals surface area contributed by atoms with Crippen LogP contribution in [0, 0.1) is 0 Å². The van der Waals surface area contributed by atoms with Crippen molar-refractivity contribution in [3.8, 4) is 11.3 Å². The van der Waals surface area contributed by atoms with Crippen LogP contribution in [0.15, 0.2) is 30.6 Å². The molecule has 2 aromatic rings. The molecule has 15 heavy (non-hydrogen) atoms. The SMILES string of the molecule is Clc1ccccc1-c1nc[nH]c1C1CC1. The van der Waals surface area contributed by atoms with Gasteiger partial charge in [-0.15, -0.1) is 0 Å². The number of aromatic amines is 1. The van der Waals surface area contributed by atoms with Crippen LogP contribution in [0.1, 0.15) is 24.5 Å². The van der Waals surface area contributed by atoms with Crippen LogP contribution in [0.3, 0.4) is 0 Å². The van der Waals surface area contributed by atoms with Crippen molar-refractivity contribution in [2.24, 2.45) is 0 Å². The Labute approximate surface area is 93.3 Å². The summed E-state index contributed by atoms with van der Waals surface area (Å²) >= 11 is 6.16. The molecule has 3 heteroatoms. The van der Waals surface area contributed by atoms with Gasteiger partial charge in [-0.05, 0) is 18.9 Å². The maximum Gasteiger partial charge on any atom is 0.0930 e. The molecule has 0 atom stereocenters. The molecule has 0 aliphatic heterocycles. The zero-order valence-electron chi connectivity index (χ0n) is 8.20. The van der Waals surface area contributed by atoms with Gasteiger partial charge >= 0.3 is 0 Å².